The molecule has 0 saturated carbocycles. The highest BCUT2D eigenvalue weighted by molar-refractivity contribution is 7.84. The maximum Gasteiger partial charge on any atom is 0.380 e. The van der Waals surface area contributed by atoms with E-state index in [-0.39, 0.29) is 5.75 Å². The molecular formula is C15H12N2O3S. The Morgan fingerprint density at radius 1 is 1.10 bits per heavy atom. The first-order chi connectivity index (χ1) is 9.98. The number of hydrogen-bond acceptors (Lipinski definition) is 4. The van der Waals surface area contributed by atoms with Gasteiger partial charge < -0.3 is 4.18 Å². The van der Waals surface area contributed by atoms with Gasteiger partial charge in [0.1, 0.15) is 5.75 Å². The summed E-state index contributed by atoms with van der Waals surface area (Å²) in [6.07, 6.45) is 1.75. The predicted molar refractivity (Wildman–Crippen MR) is 80.1 cm³/mol. The van der Waals surface area contributed by atoms with Crippen LogP contribution in [-0.4, -0.2) is 8.42 Å². The van der Waals surface area contributed by atoms with Crippen molar-refractivity contribution in [3.63, 3.8) is 0 Å². The molecule has 0 fully saturated rings. The molecule has 0 heterocycles. The van der Waals surface area contributed by atoms with Crippen molar-refractivity contribution >= 4 is 22.0 Å². The zero-order valence-electron chi connectivity index (χ0n) is 10.9. The number of nitriles is 1. The summed E-state index contributed by atoms with van der Waals surface area (Å²) in [6, 6.07) is 17.6. The minimum absolute atomic E-state index is 0.0956. The number of allylic oxidation sites excluding steroid dienone is 1. The van der Waals surface area contributed by atoms with Gasteiger partial charge in [0.05, 0.1) is 11.6 Å². The van der Waals surface area contributed by atoms with Crippen LogP contribution in [0.1, 0.15) is 11.1 Å². The van der Waals surface area contributed by atoms with Crippen molar-refractivity contribution in [2.45, 2.75) is 0 Å². The van der Waals surface area contributed by atoms with Crippen molar-refractivity contribution in [1.29, 1.82) is 5.26 Å². The maximum absolute atomic E-state index is 10.8. The molecule has 0 aliphatic rings. The van der Waals surface area contributed by atoms with E-state index in [1.54, 1.807) is 18.2 Å². The van der Waals surface area contributed by atoms with Gasteiger partial charge in [0, 0.05) is 0 Å². The van der Waals surface area contributed by atoms with E-state index in [2.05, 4.69) is 10.3 Å². The van der Waals surface area contributed by atoms with Crippen LogP contribution >= 0.6 is 0 Å². The lowest BCUT2D eigenvalue weighted by molar-refractivity contribution is 0.488. The second-order valence-electron chi connectivity index (χ2n) is 4.18. The van der Waals surface area contributed by atoms with Gasteiger partial charge in [-0.15, -0.1) is 0 Å². The summed E-state index contributed by atoms with van der Waals surface area (Å²) in [5.41, 5.74) is 2.02. The Morgan fingerprint density at radius 2 is 1.71 bits per heavy atom. The third kappa shape index (κ3) is 4.45. The summed E-state index contributed by atoms with van der Waals surface area (Å²) in [7, 11) is -4.04. The van der Waals surface area contributed by atoms with Crippen molar-refractivity contribution < 1.29 is 12.6 Å². The van der Waals surface area contributed by atoms with Crippen LogP contribution in [0, 0.1) is 11.3 Å². The van der Waals surface area contributed by atoms with Gasteiger partial charge in [-0.1, -0.05) is 30.3 Å². The number of nitrogens with two attached hydrogens (primary N) is 1. The van der Waals surface area contributed by atoms with Gasteiger partial charge in [0.15, 0.2) is 0 Å². The molecule has 5 nitrogen and oxygen atoms in total. The van der Waals surface area contributed by atoms with E-state index < -0.39 is 10.3 Å². The van der Waals surface area contributed by atoms with E-state index in [9.17, 15) is 13.7 Å². The Balaban J connectivity index is 2.28. The molecular weight excluding hydrogens is 288 g/mol. The van der Waals surface area contributed by atoms with Crippen LogP contribution in [0.4, 0.5) is 0 Å². The van der Waals surface area contributed by atoms with E-state index in [0.29, 0.717) is 11.1 Å². The second kappa shape index (κ2) is 6.22. The first-order valence-corrected chi connectivity index (χ1v) is 7.44. The van der Waals surface area contributed by atoms with Gasteiger partial charge in [-0.05, 0) is 41.5 Å². The fraction of sp³-hybridized carbons (Fsp3) is 0. The molecule has 2 aromatic rings. The zero-order valence-corrected chi connectivity index (χ0v) is 11.7. The average molecular weight is 300 g/mol. The van der Waals surface area contributed by atoms with Crippen molar-refractivity contribution in [3.05, 3.63) is 65.7 Å². The van der Waals surface area contributed by atoms with E-state index in [1.165, 1.54) is 12.1 Å². The molecule has 2 aromatic carbocycles. The Morgan fingerprint density at radius 3 is 2.24 bits per heavy atom. The second-order valence-corrected chi connectivity index (χ2v) is 5.33. The van der Waals surface area contributed by atoms with Crippen molar-refractivity contribution in [2.75, 3.05) is 0 Å². The summed E-state index contributed by atoms with van der Waals surface area (Å²) in [4.78, 5) is 0. The number of rotatable bonds is 4. The van der Waals surface area contributed by atoms with Crippen molar-refractivity contribution in [1.82, 2.24) is 0 Å². The normalized spacial score (nSPS) is 11.7. The quantitative estimate of drug-likeness (QED) is 0.692. The summed E-state index contributed by atoms with van der Waals surface area (Å²) in [6.45, 7) is 0. The van der Waals surface area contributed by atoms with Gasteiger partial charge in [-0.2, -0.15) is 18.8 Å². The third-order valence-corrected chi connectivity index (χ3v) is 3.03. The molecule has 0 aliphatic carbocycles. The van der Waals surface area contributed by atoms with Crippen LogP contribution in [-0.2, 0) is 10.3 Å². The lowest BCUT2D eigenvalue weighted by Crippen LogP contribution is -2.18. The molecule has 2 rings (SSSR count). The van der Waals surface area contributed by atoms with E-state index >= 15 is 0 Å². The molecule has 0 radical (unpaired) electrons. The van der Waals surface area contributed by atoms with Crippen molar-refractivity contribution in [2.24, 2.45) is 5.14 Å². The van der Waals surface area contributed by atoms with Crippen LogP contribution < -0.4 is 9.32 Å². The summed E-state index contributed by atoms with van der Waals surface area (Å²) in [5, 5.41) is 14.0. The fourth-order valence-corrected chi connectivity index (χ4v) is 2.10. The van der Waals surface area contributed by atoms with E-state index in [0.717, 1.165) is 5.56 Å². The van der Waals surface area contributed by atoms with E-state index in [1.807, 2.05) is 30.3 Å². The SMILES string of the molecule is N#C/C(=C\c1ccccc1)c1ccc(OS(N)(=O)=O)cc1. The molecule has 0 saturated heterocycles. The number of hydrogen-bond donors (Lipinski definition) is 1. The molecule has 0 aromatic heterocycles. The Labute approximate surface area is 123 Å². The van der Waals surface area contributed by atoms with Crippen LogP contribution in [0.5, 0.6) is 5.75 Å². The first-order valence-electron chi connectivity index (χ1n) is 5.97. The smallest absolute Gasteiger partial charge is 0.371 e. The average Bonchev–Trinajstić information content (AvgIpc) is 2.45. The van der Waals surface area contributed by atoms with Crippen molar-refractivity contribution in [3.8, 4) is 11.8 Å². The molecule has 0 bridgehead atoms. The molecule has 0 atom stereocenters. The third-order valence-electron chi connectivity index (χ3n) is 2.61. The Bertz CT molecular complexity index is 789. The largest absolute Gasteiger partial charge is 0.380 e. The lowest BCUT2D eigenvalue weighted by atomic mass is 10.0. The molecule has 0 unspecified atom stereocenters. The monoisotopic (exact) mass is 300 g/mol. The molecule has 21 heavy (non-hydrogen) atoms. The molecule has 0 spiro atoms. The summed E-state index contributed by atoms with van der Waals surface area (Å²) >= 11 is 0. The standard InChI is InChI=1S/C15H12N2O3S/c16-11-14(10-12-4-2-1-3-5-12)13-6-8-15(9-7-13)20-21(17,18)19/h1-10H,(H2,17,18,19)/b14-10+. The molecule has 0 aliphatic heterocycles. The lowest BCUT2D eigenvalue weighted by Gasteiger charge is -2.04. The molecule has 2 N–H and O–H groups in total. The van der Waals surface area contributed by atoms with Gasteiger partial charge in [0.2, 0.25) is 0 Å². The topological polar surface area (TPSA) is 93.2 Å². The predicted octanol–water partition coefficient (Wildman–Crippen LogP) is 2.33. The first kappa shape index (κ1) is 14.8. The van der Waals surface area contributed by atoms with Gasteiger partial charge in [-0.3, -0.25) is 0 Å². The van der Waals surface area contributed by atoms with Gasteiger partial charge in [0.25, 0.3) is 0 Å². The van der Waals surface area contributed by atoms with E-state index in [4.69, 9.17) is 5.14 Å². The number of benzene rings is 2. The van der Waals surface area contributed by atoms with Crippen LogP contribution in [0.3, 0.4) is 0 Å². The fourth-order valence-electron chi connectivity index (χ4n) is 1.72. The minimum atomic E-state index is -4.04. The molecule has 6 heteroatoms. The van der Waals surface area contributed by atoms with Crippen LogP contribution in [0.2, 0.25) is 0 Å². The minimum Gasteiger partial charge on any atom is -0.371 e. The summed E-state index contributed by atoms with van der Waals surface area (Å²) in [5.74, 6) is 0.0956. The summed E-state index contributed by atoms with van der Waals surface area (Å²) < 4.78 is 26.2. The Hall–Kier alpha value is -2.62. The molecule has 106 valence electrons. The zero-order chi connectivity index (χ0) is 15.3. The highest BCUT2D eigenvalue weighted by Crippen LogP contribution is 2.21. The highest BCUT2D eigenvalue weighted by atomic mass is 32.2. The number of nitrogens with zero attached hydrogens (tertiary/aromatic N) is 1. The van der Waals surface area contributed by atoms with Gasteiger partial charge >= 0.3 is 10.3 Å². The van der Waals surface area contributed by atoms with Crippen LogP contribution in [0.15, 0.2) is 54.6 Å². The highest BCUT2D eigenvalue weighted by Gasteiger charge is 2.06. The maximum atomic E-state index is 10.8. The molecule has 0 amide bonds. The van der Waals surface area contributed by atoms with Crippen LogP contribution in [0.25, 0.3) is 11.6 Å². The van der Waals surface area contributed by atoms with Gasteiger partial charge in [-0.25, -0.2) is 0 Å². The Kier molecular flexibility index (Phi) is 4.38.